The lowest BCUT2D eigenvalue weighted by molar-refractivity contribution is 0.194. The van der Waals surface area contributed by atoms with Crippen LogP contribution < -0.4 is 5.73 Å². The molecule has 3 rings (SSSR count). The fourth-order valence-electron chi connectivity index (χ4n) is 3.08. The molecule has 1 saturated heterocycles. The average molecular weight is 293 g/mol. The highest BCUT2D eigenvalue weighted by Gasteiger charge is 2.23. The molecular formula is C18H19N3O. The Labute approximate surface area is 130 Å². The second-order valence-corrected chi connectivity index (χ2v) is 5.91. The molecule has 0 spiro atoms. The summed E-state index contributed by atoms with van der Waals surface area (Å²) in [4.78, 5) is 4.44. The van der Waals surface area contributed by atoms with Crippen LogP contribution in [-0.4, -0.2) is 18.2 Å². The molecule has 0 amide bonds. The van der Waals surface area contributed by atoms with E-state index in [-0.39, 0.29) is 5.92 Å². The molecule has 112 valence electrons. The monoisotopic (exact) mass is 293 g/mol. The molecule has 0 unspecified atom stereocenters. The third kappa shape index (κ3) is 2.68. The van der Waals surface area contributed by atoms with E-state index in [1.54, 1.807) is 0 Å². The van der Waals surface area contributed by atoms with E-state index in [1.165, 1.54) is 11.1 Å². The van der Waals surface area contributed by atoms with E-state index < -0.39 is 0 Å². The molecule has 1 aliphatic rings. The maximum Gasteiger partial charge on any atom is 0.142 e. The molecule has 1 aromatic heterocycles. The number of nitrogens with zero attached hydrogens (tertiary/aromatic N) is 2. The Balaban J connectivity index is 2.15. The molecule has 0 radical (unpaired) electrons. The zero-order valence-corrected chi connectivity index (χ0v) is 12.9. The number of hydrogen-bond donors (Lipinski definition) is 1. The van der Waals surface area contributed by atoms with E-state index >= 15 is 0 Å². The highest BCUT2D eigenvalue weighted by Crippen LogP contribution is 2.33. The second kappa shape index (κ2) is 5.78. The van der Waals surface area contributed by atoms with Crippen molar-refractivity contribution < 1.29 is 4.74 Å². The SMILES string of the molecule is Cc1cc(C)cc(-c2cc([C@@H]3CCOC3)c(C#N)c(N)n2)c1. The predicted octanol–water partition coefficient (Wildman–Crippen LogP) is 3.32. The Hall–Kier alpha value is -2.38. The first-order valence-corrected chi connectivity index (χ1v) is 7.45. The van der Waals surface area contributed by atoms with Gasteiger partial charge in [0, 0.05) is 18.1 Å². The van der Waals surface area contributed by atoms with Crippen LogP contribution in [0.2, 0.25) is 0 Å². The van der Waals surface area contributed by atoms with Crippen LogP contribution in [0.15, 0.2) is 24.3 Å². The minimum atomic E-state index is 0.226. The van der Waals surface area contributed by atoms with E-state index in [9.17, 15) is 5.26 Å². The van der Waals surface area contributed by atoms with E-state index in [4.69, 9.17) is 10.5 Å². The molecule has 4 heteroatoms. The molecule has 2 aromatic rings. The van der Waals surface area contributed by atoms with Crippen molar-refractivity contribution >= 4 is 5.82 Å². The molecule has 0 saturated carbocycles. The average Bonchev–Trinajstić information content (AvgIpc) is 2.99. The van der Waals surface area contributed by atoms with Gasteiger partial charge in [-0.15, -0.1) is 0 Å². The van der Waals surface area contributed by atoms with Crippen LogP contribution in [0.1, 0.15) is 34.6 Å². The maximum absolute atomic E-state index is 9.40. The van der Waals surface area contributed by atoms with E-state index in [2.05, 4.69) is 43.1 Å². The van der Waals surface area contributed by atoms with Gasteiger partial charge >= 0.3 is 0 Å². The molecule has 22 heavy (non-hydrogen) atoms. The van der Waals surface area contributed by atoms with Crippen LogP contribution in [0.4, 0.5) is 5.82 Å². The van der Waals surface area contributed by atoms with E-state index in [1.807, 2.05) is 6.07 Å². The lowest BCUT2D eigenvalue weighted by Crippen LogP contribution is -2.07. The number of benzene rings is 1. The molecule has 2 N–H and O–H groups in total. The van der Waals surface area contributed by atoms with Gasteiger partial charge in [-0.05, 0) is 44.0 Å². The zero-order chi connectivity index (χ0) is 15.7. The van der Waals surface area contributed by atoms with Crippen LogP contribution in [0.3, 0.4) is 0 Å². The van der Waals surface area contributed by atoms with Gasteiger partial charge in [0.05, 0.1) is 17.9 Å². The summed E-state index contributed by atoms with van der Waals surface area (Å²) in [5.41, 5.74) is 11.7. The molecule has 0 bridgehead atoms. The van der Waals surface area contributed by atoms with Gasteiger partial charge in [0.25, 0.3) is 0 Å². The molecule has 1 fully saturated rings. The Morgan fingerprint density at radius 2 is 1.95 bits per heavy atom. The quantitative estimate of drug-likeness (QED) is 0.922. The normalized spacial score (nSPS) is 17.4. The van der Waals surface area contributed by atoms with Gasteiger partial charge in [-0.2, -0.15) is 5.26 Å². The van der Waals surface area contributed by atoms with Crippen molar-refractivity contribution in [3.8, 4) is 17.3 Å². The number of aryl methyl sites for hydroxylation is 2. The lowest BCUT2D eigenvalue weighted by Gasteiger charge is -2.14. The molecule has 1 atom stereocenters. The molecule has 2 heterocycles. The number of rotatable bonds is 2. The topological polar surface area (TPSA) is 71.9 Å². The number of ether oxygens (including phenoxy) is 1. The molecule has 1 aliphatic heterocycles. The third-order valence-electron chi connectivity index (χ3n) is 4.08. The van der Waals surface area contributed by atoms with Gasteiger partial charge in [-0.25, -0.2) is 4.98 Å². The fourth-order valence-corrected chi connectivity index (χ4v) is 3.08. The standard InChI is InChI=1S/C18H19N3O/c1-11-5-12(2)7-14(6-11)17-8-15(13-3-4-22-10-13)16(9-19)18(20)21-17/h5-8,13H,3-4,10H2,1-2H3,(H2,20,21)/t13-/m1/s1. The summed E-state index contributed by atoms with van der Waals surface area (Å²) in [6.07, 6.45) is 0.921. The Morgan fingerprint density at radius 1 is 1.23 bits per heavy atom. The van der Waals surface area contributed by atoms with Crippen molar-refractivity contribution in [1.82, 2.24) is 4.98 Å². The first-order chi connectivity index (χ1) is 10.6. The van der Waals surface area contributed by atoms with Gasteiger partial charge in [-0.1, -0.05) is 17.2 Å². The Kier molecular flexibility index (Phi) is 3.82. The van der Waals surface area contributed by atoms with E-state index in [0.717, 1.165) is 29.8 Å². The van der Waals surface area contributed by atoms with Crippen molar-refractivity contribution in [2.24, 2.45) is 0 Å². The van der Waals surface area contributed by atoms with Gasteiger partial charge in [0.15, 0.2) is 0 Å². The lowest BCUT2D eigenvalue weighted by atomic mass is 9.92. The fraction of sp³-hybridized carbons (Fsp3) is 0.333. The first kappa shape index (κ1) is 14.6. The smallest absolute Gasteiger partial charge is 0.142 e. The third-order valence-corrected chi connectivity index (χ3v) is 4.08. The van der Waals surface area contributed by atoms with Gasteiger partial charge in [-0.3, -0.25) is 0 Å². The minimum absolute atomic E-state index is 0.226. The van der Waals surface area contributed by atoms with Crippen molar-refractivity contribution in [3.05, 3.63) is 46.5 Å². The maximum atomic E-state index is 9.40. The van der Waals surface area contributed by atoms with Gasteiger partial charge in [0.2, 0.25) is 0 Å². The molecule has 1 aromatic carbocycles. The van der Waals surface area contributed by atoms with E-state index in [0.29, 0.717) is 18.0 Å². The van der Waals surface area contributed by atoms with Crippen molar-refractivity contribution in [1.29, 1.82) is 5.26 Å². The van der Waals surface area contributed by atoms with Gasteiger partial charge in [0.1, 0.15) is 11.9 Å². The van der Waals surface area contributed by atoms with Crippen molar-refractivity contribution in [2.75, 3.05) is 18.9 Å². The number of nitrogen functional groups attached to an aromatic ring is 1. The number of anilines is 1. The summed E-state index contributed by atoms with van der Waals surface area (Å²) >= 11 is 0. The Morgan fingerprint density at radius 3 is 2.55 bits per heavy atom. The second-order valence-electron chi connectivity index (χ2n) is 5.91. The Bertz CT molecular complexity index is 735. The number of pyridine rings is 1. The van der Waals surface area contributed by atoms with Crippen molar-refractivity contribution in [2.45, 2.75) is 26.2 Å². The summed E-state index contributed by atoms with van der Waals surface area (Å²) in [5, 5.41) is 9.40. The number of nitrogens with two attached hydrogens (primary N) is 1. The number of hydrogen-bond acceptors (Lipinski definition) is 4. The minimum Gasteiger partial charge on any atom is -0.383 e. The molecule has 4 nitrogen and oxygen atoms in total. The number of nitriles is 1. The zero-order valence-electron chi connectivity index (χ0n) is 12.9. The summed E-state index contributed by atoms with van der Waals surface area (Å²) in [5.74, 6) is 0.533. The van der Waals surface area contributed by atoms with Crippen LogP contribution in [-0.2, 0) is 4.74 Å². The van der Waals surface area contributed by atoms with Crippen LogP contribution in [0, 0.1) is 25.2 Å². The largest absolute Gasteiger partial charge is 0.383 e. The van der Waals surface area contributed by atoms with Crippen LogP contribution in [0.5, 0.6) is 0 Å². The van der Waals surface area contributed by atoms with Crippen LogP contribution in [0.25, 0.3) is 11.3 Å². The highest BCUT2D eigenvalue weighted by atomic mass is 16.5. The first-order valence-electron chi connectivity index (χ1n) is 7.45. The van der Waals surface area contributed by atoms with Crippen molar-refractivity contribution in [3.63, 3.8) is 0 Å². The predicted molar refractivity (Wildman–Crippen MR) is 86.5 cm³/mol. The summed E-state index contributed by atoms with van der Waals surface area (Å²) in [7, 11) is 0. The van der Waals surface area contributed by atoms with Gasteiger partial charge < -0.3 is 10.5 Å². The molecule has 0 aliphatic carbocycles. The summed E-state index contributed by atoms with van der Waals surface area (Å²) < 4.78 is 5.46. The molecular weight excluding hydrogens is 274 g/mol. The summed E-state index contributed by atoms with van der Waals surface area (Å²) in [6.45, 7) is 5.51. The van der Waals surface area contributed by atoms with Crippen LogP contribution >= 0.6 is 0 Å². The summed E-state index contributed by atoms with van der Waals surface area (Å²) in [6, 6.07) is 10.5. The number of aromatic nitrogens is 1. The highest BCUT2D eigenvalue weighted by molar-refractivity contribution is 5.68.